The van der Waals surface area contributed by atoms with E-state index in [0.717, 1.165) is 32.7 Å². The summed E-state index contributed by atoms with van der Waals surface area (Å²) in [6.45, 7) is 5.85. The van der Waals surface area contributed by atoms with Gasteiger partial charge >= 0.3 is 0 Å². The van der Waals surface area contributed by atoms with Gasteiger partial charge in [0.1, 0.15) is 5.75 Å². The van der Waals surface area contributed by atoms with Crippen LogP contribution in [0.15, 0.2) is 48.8 Å². The van der Waals surface area contributed by atoms with Crippen molar-refractivity contribution in [3.05, 3.63) is 59.4 Å². The van der Waals surface area contributed by atoms with Crippen LogP contribution < -0.4 is 4.74 Å². The molecule has 0 aliphatic carbocycles. The van der Waals surface area contributed by atoms with Crippen LogP contribution in [0.1, 0.15) is 12.5 Å². The minimum absolute atomic E-state index is 0.0264. The molecular weight excluding hydrogens is 338 g/mol. The molecule has 1 amide bonds. The molecule has 1 aromatic heterocycles. The van der Waals surface area contributed by atoms with Crippen molar-refractivity contribution in [3.8, 4) is 5.75 Å². The maximum absolute atomic E-state index is 12.6. The van der Waals surface area contributed by atoms with E-state index in [4.69, 9.17) is 16.3 Å². The van der Waals surface area contributed by atoms with Crippen molar-refractivity contribution in [2.45, 2.75) is 19.6 Å². The fourth-order valence-electron chi connectivity index (χ4n) is 2.90. The molecule has 132 valence electrons. The molecule has 3 rings (SSSR count). The Hall–Kier alpha value is -2.11. The maximum Gasteiger partial charge on any atom is 0.263 e. The zero-order valence-corrected chi connectivity index (χ0v) is 15.0. The lowest BCUT2D eigenvalue weighted by molar-refractivity contribution is -0.139. The van der Waals surface area contributed by atoms with Crippen LogP contribution in [0.2, 0.25) is 5.02 Å². The number of ether oxygens (including phenoxy) is 1. The van der Waals surface area contributed by atoms with Crippen molar-refractivity contribution in [2.75, 3.05) is 26.2 Å². The molecule has 1 aliphatic rings. The SMILES string of the molecule is CC(Oc1ccc(Cl)cc1)C(=O)N1CCN(Cc2ccncc2)CC1. The number of benzene rings is 1. The first-order valence-corrected chi connectivity index (χ1v) is 8.82. The molecule has 0 radical (unpaired) electrons. The Morgan fingerprint density at radius 1 is 1.12 bits per heavy atom. The van der Waals surface area contributed by atoms with Crippen LogP contribution in [-0.2, 0) is 11.3 Å². The van der Waals surface area contributed by atoms with Crippen LogP contribution in [-0.4, -0.2) is 53.0 Å². The highest BCUT2D eigenvalue weighted by atomic mass is 35.5. The van der Waals surface area contributed by atoms with E-state index in [0.29, 0.717) is 10.8 Å². The van der Waals surface area contributed by atoms with Crippen molar-refractivity contribution in [3.63, 3.8) is 0 Å². The summed E-state index contributed by atoms with van der Waals surface area (Å²) in [7, 11) is 0. The first-order chi connectivity index (χ1) is 12.1. The number of aromatic nitrogens is 1. The molecule has 6 heteroatoms. The molecule has 2 heterocycles. The van der Waals surface area contributed by atoms with E-state index < -0.39 is 6.10 Å². The summed E-state index contributed by atoms with van der Waals surface area (Å²) in [6, 6.07) is 11.1. The third-order valence-electron chi connectivity index (χ3n) is 4.31. The van der Waals surface area contributed by atoms with Gasteiger partial charge in [-0.2, -0.15) is 0 Å². The van der Waals surface area contributed by atoms with Gasteiger partial charge in [0.25, 0.3) is 5.91 Å². The lowest BCUT2D eigenvalue weighted by atomic mass is 10.2. The quantitative estimate of drug-likeness (QED) is 0.823. The lowest BCUT2D eigenvalue weighted by Crippen LogP contribution is -2.51. The molecule has 5 nitrogen and oxygen atoms in total. The van der Waals surface area contributed by atoms with Crippen molar-refractivity contribution in [1.82, 2.24) is 14.8 Å². The second-order valence-electron chi connectivity index (χ2n) is 6.17. The molecule has 25 heavy (non-hydrogen) atoms. The highest BCUT2D eigenvalue weighted by Gasteiger charge is 2.26. The van der Waals surface area contributed by atoms with Crippen molar-refractivity contribution >= 4 is 17.5 Å². The van der Waals surface area contributed by atoms with Gasteiger partial charge in [0, 0.05) is 50.1 Å². The largest absolute Gasteiger partial charge is 0.481 e. The lowest BCUT2D eigenvalue weighted by Gasteiger charge is -2.35. The number of piperazine rings is 1. The Kier molecular flexibility index (Phi) is 5.89. The molecule has 0 spiro atoms. The molecule has 1 saturated heterocycles. The molecule has 2 aromatic rings. The standard InChI is InChI=1S/C19H22ClN3O2/c1-15(25-18-4-2-17(20)3-5-18)19(24)23-12-10-22(11-13-23)14-16-6-8-21-9-7-16/h2-9,15H,10-14H2,1H3. The number of amides is 1. The molecule has 0 bridgehead atoms. The number of hydrogen-bond acceptors (Lipinski definition) is 4. The van der Waals surface area contributed by atoms with E-state index in [2.05, 4.69) is 9.88 Å². The van der Waals surface area contributed by atoms with Gasteiger partial charge in [0.2, 0.25) is 0 Å². The van der Waals surface area contributed by atoms with Gasteiger partial charge in [0.05, 0.1) is 0 Å². The molecule has 1 atom stereocenters. The number of pyridine rings is 1. The molecule has 0 saturated carbocycles. The van der Waals surface area contributed by atoms with Crippen LogP contribution in [0.3, 0.4) is 0 Å². The van der Waals surface area contributed by atoms with Gasteiger partial charge in [-0.25, -0.2) is 0 Å². The Labute approximate surface area is 153 Å². The summed E-state index contributed by atoms with van der Waals surface area (Å²) in [6.07, 6.45) is 3.11. The third kappa shape index (κ3) is 4.94. The van der Waals surface area contributed by atoms with Gasteiger partial charge in [-0.05, 0) is 48.9 Å². The van der Waals surface area contributed by atoms with E-state index in [1.54, 1.807) is 31.2 Å². The summed E-state index contributed by atoms with van der Waals surface area (Å²) < 4.78 is 5.74. The number of rotatable bonds is 5. The van der Waals surface area contributed by atoms with Crippen molar-refractivity contribution in [2.24, 2.45) is 0 Å². The molecule has 1 aromatic carbocycles. The van der Waals surface area contributed by atoms with Gasteiger partial charge < -0.3 is 9.64 Å². The smallest absolute Gasteiger partial charge is 0.263 e. The van der Waals surface area contributed by atoms with Gasteiger partial charge in [0.15, 0.2) is 6.10 Å². The van der Waals surface area contributed by atoms with E-state index >= 15 is 0 Å². The molecule has 1 aliphatic heterocycles. The molecule has 1 fully saturated rings. The van der Waals surface area contributed by atoms with Gasteiger partial charge in [-0.15, -0.1) is 0 Å². The average molecular weight is 360 g/mol. The summed E-state index contributed by atoms with van der Waals surface area (Å²) >= 11 is 5.87. The van der Waals surface area contributed by atoms with Crippen molar-refractivity contribution < 1.29 is 9.53 Å². The van der Waals surface area contributed by atoms with Gasteiger partial charge in [-0.3, -0.25) is 14.7 Å². The highest BCUT2D eigenvalue weighted by Crippen LogP contribution is 2.18. The summed E-state index contributed by atoms with van der Waals surface area (Å²) in [5, 5.41) is 0.650. The Bertz CT molecular complexity index is 686. The molecule has 1 unspecified atom stereocenters. The topological polar surface area (TPSA) is 45.7 Å². The predicted molar refractivity (Wildman–Crippen MR) is 97.6 cm³/mol. The second-order valence-corrected chi connectivity index (χ2v) is 6.61. The number of carbonyl (C=O) groups excluding carboxylic acids is 1. The number of nitrogens with zero attached hydrogens (tertiary/aromatic N) is 3. The Balaban J connectivity index is 1.48. The Morgan fingerprint density at radius 3 is 2.40 bits per heavy atom. The van der Waals surface area contributed by atoms with E-state index in [1.807, 2.05) is 29.4 Å². The average Bonchev–Trinajstić information content (AvgIpc) is 2.64. The van der Waals surface area contributed by atoms with Crippen LogP contribution in [0.5, 0.6) is 5.75 Å². The third-order valence-corrected chi connectivity index (χ3v) is 4.57. The summed E-state index contributed by atoms with van der Waals surface area (Å²) in [4.78, 5) is 20.9. The zero-order valence-electron chi connectivity index (χ0n) is 14.3. The normalized spacial score (nSPS) is 16.5. The van der Waals surface area contributed by atoms with Crippen molar-refractivity contribution in [1.29, 1.82) is 0 Å². The van der Waals surface area contributed by atoms with E-state index in [9.17, 15) is 4.79 Å². The van der Waals surface area contributed by atoms with E-state index in [1.165, 1.54) is 5.56 Å². The number of halogens is 1. The van der Waals surface area contributed by atoms with Crippen LogP contribution in [0.4, 0.5) is 0 Å². The minimum atomic E-state index is -0.507. The predicted octanol–water partition coefficient (Wildman–Crippen LogP) is 2.85. The summed E-state index contributed by atoms with van der Waals surface area (Å²) in [5.41, 5.74) is 1.24. The minimum Gasteiger partial charge on any atom is -0.481 e. The van der Waals surface area contributed by atoms with Crippen LogP contribution in [0, 0.1) is 0 Å². The first kappa shape index (κ1) is 17.7. The van der Waals surface area contributed by atoms with Gasteiger partial charge in [-0.1, -0.05) is 11.6 Å². The molecule has 0 N–H and O–H groups in total. The number of carbonyl (C=O) groups is 1. The summed E-state index contributed by atoms with van der Waals surface area (Å²) in [5.74, 6) is 0.681. The fraction of sp³-hybridized carbons (Fsp3) is 0.368. The Morgan fingerprint density at radius 2 is 1.76 bits per heavy atom. The van der Waals surface area contributed by atoms with E-state index in [-0.39, 0.29) is 5.91 Å². The van der Waals surface area contributed by atoms with Crippen LogP contribution >= 0.6 is 11.6 Å². The zero-order chi connectivity index (χ0) is 17.6. The first-order valence-electron chi connectivity index (χ1n) is 8.44. The highest BCUT2D eigenvalue weighted by molar-refractivity contribution is 6.30. The number of hydrogen-bond donors (Lipinski definition) is 0. The maximum atomic E-state index is 12.6. The second kappa shape index (κ2) is 8.32. The molecular formula is C19H22ClN3O2. The fourth-order valence-corrected chi connectivity index (χ4v) is 3.02. The monoisotopic (exact) mass is 359 g/mol. The van der Waals surface area contributed by atoms with Crippen LogP contribution in [0.25, 0.3) is 0 Å².